The number of carbonyl (C=O) groups excluding carboxylic acids is 1. The van der Waals surface area contributed by atoms with Crippen LogP contribution in [-0.4, -0.2) is 19.1 Å². The van der Waals surface area contributed by atoms with Crippen molar-refractivity contribution in [3.8, 4) is 5.75 Å². The van der Waals surface area contributed by atoms with E-state index in [0.29, 0.717) is 6.42 Å². The van der Waals surface area contributed by atoms with Gasteiger partial charge in [0.25, 0.3) is 0 Å². The molecule has 2 N–H and O–H groups in total. The molecular formula is C13H19NO3. The lowest BCUT2D eigenvalue weighted by Crippen LogP contribution is -2.31. The minimum Gasteiger partial charge on any atom is -0.497 e. The van der Waals surface area contributed by atoms with Gasteiger partial charge in [0.05, 0.1) is 7.11 Å². The normalized spacial score (nSPS) is 11.9. The number of hydrogen-bond acceptors (Lipinski definition) is 4. The molecule has 1 rings (SSSR count). The number of ether oxygens (including phenoxy) is 2. The first-order valence-electron chi connectivity index (χ1n) is 5.72. The predicted molar refractivity (Wildman–Crippen MR) is 65.7 cm³/mol. The van der Waals surface area contributed by atoms with Gasteiger partial charge in [0, 0.05) is 0 Å². The molecule has 0 aromatic heterocycles. The Hall–Kier alpha value is -1.55. The highest BCUT2D eigenvalue weighted by Crippen LogP contribution is 2.13. The number of rotatable bonds is 6. The van der Waals surface area contributed by atoms with E-state index >= 15 is 0 Å². The fourth-order valence-electron chi connectivity index (χ4n) is 1.45. The maximum atomic E-state index is 11.5. The maximum Gasteiger partial charge on any atom is 0.323 e. The van der Waals surface area contributed by atoms with E-state index in [1.807, 2.05) is 31.2 Å². The number of esters is 1. The second kappa shape index (κ2) is 6.91. The lowest BCUT2D eigenvalue weighted by atomic mass is 10.2. The second-order valence-corrected chi connectivity index (χ2v) is 3.85. The Morgan fingerprint density at radius 3 is 2.88 bits per heavy atom. The topological polar surface area (TPSA) is 61.6 Å². The molecule has 0 saturated carbocycles. The van der Waals surface area contributed by atoms with Crippen LogP contribution in [0, 0.1) is 0 Å². The zero-order valence-electron chi connectivity index (χ0n) is 10.3. The van der Waals surface area contributed by atoms with E-state index in [2.05, 4.69) is 0 Å². The molecule has 0 unspecified atom stereocenters. The standard InChI is InChI=1S/C13H19NO3/c1-3-5-12(14)13(15)17-9-10-6-4-7-11(8-10)16-2/h4,6-8,12H,3,5,9,14H2,1-2H3/t12-/m1/s1. The number of hydrogen-bond donors (Lipinski definition) is 1. The van der Waals surface area contributed by atoms with Crippen molar-refractivity contribution in [2.75, 3.05) is 7.11 Å². The molecule has 17 heavy (non-hydrogen) atoms. The lowest BCUT2D eigenvalue weighted by molar-refractivity contribution is -0.146. The van der Waals surface area contributed by atoms with Crippen molar-refractivity contribution in [2.24, 2.45) is 5.73 Å². The molecule has 0 fully saturated rings. The van der Waals surface area contributed by atoms with Crippen LogP contribution in [0.4, 0.5) is 0 Å². The molecule has 94 valence electrons. The van der Waals surface area contributed by atoms with Crippen molar-refractivity contribution in [1.29, 1.82) is 0 Å². The van der Waals surface area contributed by atoms with Gasteiger partial charge in [0.1, 0.15) is 18.4 Å². The molecule has 0 amide bonds. The van der Waals surface area contributed by atoms with Gasteiger partial charge in [-0.3, -0.25) is 4.79 Å². The minimum absolute atomic E-state index is 0.230. The Balaban J connectivity index is 2.46. The highest BCUT2D eigenvalue weighted by molar-refractivity contribution is 5.75. The van der Waals surface area contributed by atoms with Gasteiger partial charge in [0.15, 0.2) is 0 Å². The van der Waals surface area contributed by atoms with Crippen molar-refractivity contribution >= 4 is 5.97 Å². The Kier molecular flexibility index (Phi) is 5.49. The number of benzene rings is 1. The molecule has 1 atom stereocenters. The lowest BCUT2D eigenvalue weighted by Gasteiger charge is -2.10. The van der Waals surface area contributed by atoms with E-state index in [1.165, 1.54) is 0 Å². The Bertz CT molecular complexity index is 365. The molecule has 0 heterocycles. The van der Waals surface area contributed by atoms with Crippen LogP contribution in [0.5, 0.6) is 5.75 Å². The molecule has 4 heteroatoms. The van der Waals surface area contributed by atoms with Crippen LogP contribution in [0.25, 0.3) is 0 Å². The van der Waals surface area contributed by atoms with Crippen LogP contribution in [0.3, 0.4) is 0 Å². The van der Waals surface area contributed by atoms with Gasteiger partial charge in [0.2, 0.25) is 0 Å². The van der Waals surface area contributed by atoms with E-state index in [4.69, 9.17) is 15.2 Å². The second-order valence-electron chi connectivity index (χ2n) is 3.85. The van der Waals surface area contributed by atoms with Gasteiger partial charge in [-0.2, -0.15) is 0 Å². The third-order valence-corrected chi connectivity index (χ3v) is 2.42. The van der Waals surface area contributed by atoms with Gasteiger partial charge in [-0.05, 0) is 24.1 Å². The van der Waals surface area contributed by atoms with E-state index in [9.17, 15) is 4.79 Å². The third-order valence-electron chi connectivity index (χ3n) is 2.42. The van der Waals surface area contributed by atoms with Crippen molar-refractivity contribution in [1.82, 2.24) is 0 Å². The molecule has 0 bridgehead atoms. The fourth-order valence-corrected chi connectivity index (χ4v) is 1.45. The largest absolute Gasteiger partial charge is 0.497 e. The molecule has 0 radical (unpaired) electrons. The summed E-state index contributed by atoms with van der Waals surface area (Å²) < 4.78 is 10.2. The molecule has 0 saturated heterocycles. The average Bonchev–Trinajstić information content (AvgIpc) is 2.36. The van der Waals surface area contributed by atoms with Crippen molar-refractivity contribution in [3.05, 3.63) is 29.8 Å². The van der Waals surface area contributed by atoms with Crippen molar-refractivity contribution in [2.45, 2.75) is 32.4 Å². The third kappa shape index (κ3) is 4.44. The first-order valence-corrected chi connectivity index (χ1v) is 5.72. The summed E-state index contributed by atoms with van der Waals surface area (Å²) in [5.74, 6) is 0.395. The maximum absolute atomic E-state index is 11.5. The number of methoxy groups -OCH3 is 1. The van der Waals surface area contributed by atoms with E-state index in [1.54, 1.807) is 7.11 Å². The van der Waals surface area contributed by atoms with Crippen LogP contribution >= 0.6 is 0 Å². The van der Waals surface area contributed by atoms with Crippen LogP contribution in [0.1, 0.15) is 25.3 Å². The van der Waals surface area contributed by atoms with Gasteiger partial charge < -0.3 is 15.2 Å². The summed E-state index contributed by atoms with van der Waals surface area (Å²) in [4.78, 5) is 11.5. The van der Waals surface area contributed by atoms with E-state index in [0.717, 1.165) is 17.7 Å². The highest BCUT2D eigenvalue weighted by Gasteiger charge is 2.13. The molecule has 1 aromatic rings. The molecule has 0 aliphatic heterocycles. The minimum atomic E-state index is -0.523. The van der Waals surface area contributed by atoms with E-state index in [-0.39, 0.29) is 12.6 Å². The van der Waals surface area contributed by atoms with Gasteiger partial charge in [-0.15, -0.1) is 0 Å². The molecule has 1 aromatic carbocycles. The fraction of sp³-hybridized carbons (Fsp3) is 0.462. The Morgan fingerprint density at radius 2 is 2.24 bits per heavy atom. The number of nitrogens with two attached hydrogens (primary N) is 1. The summed E-state index contributed by atoms with van der Waals surface area (Å²) in [6.45, 7) is 2.21. The van der Waals surface area contributed by atoms with Gasteiger partial charge in [-0.1, -0.05) is 25.5 Å². The van der Waals surface area contributed by atoms with Crippen molar-refractivity contribution in [3.63, 3.8) is 0 Å². The first kappa shape index (κ1) is 13.5. The summed E-state index contributed by atoms with van der Waals surface area (Å²) in [6.07, 6.45) is 1.52. The summed E-state index contributed by atoms with van der Waals surface area (Å²) in [5.41, 5.74) is 6.54. The summed E-state index contributed by atoms with van der Waals surface area (Å²) >= 11 is 0. The molecule has 4 nitrogen and oxygen atoms in total. The van der Waals surface area contributed by atoms with E-state index < -0.39 is 6.04 Å². The summed E-state index contributed by atoms with van der Waals surface area (Å²) in [6, 6.07) is 6.88. The Morgan fingerprint density at radius 1 is 1.47 bits per heavy atom. The summed E-state index contributed by atoms with van der Waals surface area (Å²) in [5, 5.41) is 0. The van der Waals surface area contributed by atoms with Gasteiger partial charge in [-0.25, -0.2) is 0 Å². The molecular weight excluding hydrogens is 218 g/mol. The first-order chi connectivity index (χ1) is 8.17. The zero-order valence-corrected chi connectivity index (χ0v) is 10.3. The average molecular weight is 237 g/mol. The quantitative estimate of drug-likeness (QED) is 0.767. The van der Waals surface area contributed by atoms with Crippen LogP contribution in [0.2, 0.25) is 0 Å². The zero-order chi connectivity index (χ0) is 12.7. The van der Waals surface area contributed by atoms with Gasteiger partial charge >= 0.3 is 5.97 Å². The van der Waals surface area contributed by atoms with Crippen molar-refractivity contribution < 1.29 is 14.3 Å². The molecule has 0 aliphatic rings. The van der Waals surface area contributed by atoms with Crippen LogP contribution in [0.15, 0.2) is 24.3 Å². The molecule has 0 spiro atoms. The predicted octanol–water partition coefficient (Wildman–Crippen LogP) is 1.87. The monoisotopic (exact) mass is 237 g/mol. The van der Waals surface area contributed by atoms with Crippen LogP contribution in [-0.2, 0) is 16.1 Å². The summed E-state index contributed by atoms with van der Waals surface area (Å²) in [7, 11) is 1.60. The van der Waals surface area contributed by atoms with Crippen LogP contribution < -0.4 is 10.5 Å². The Labute approximate surface area is 102 Å². The SMILES string of the molecule is CCC[C@@H](N)C(=O)OCc1cccc(OC)c1. The highest BCUT2D eigenvalue weighted by atomic mass is 16.5. The molecule has 0 aliphatic carbocycles. The smallest absolute Gasteiger partial charge is 0.323 e. The number of carbonyl (C=O) groups is 1.